The van der Waals surface area contributed by atoms with E-state index >= 15 is 0 Å². The molecule has 68 valence electrons. The minimum atomic E-state index is -0.107. The SMILES string of the molecule is Cc1cc(C(N)c2cn[nH]c2)sn1. The van der Waals surface area contributed by atoms with Crippen LogP contribution in [0.3, 0.4) is 0 Å². The molecule has 0 radical (unpaired) electrons. The van der Waals surface area contributed by atoms with E-state index in [0.717, 1.165) is 16.1 Å². The number of hydrogen-bond acceptors (Lipinski definition) is 4. The van der Waals surface area contributed by atoms with Crippen molar-refractivity contribution in [3.05, 3.63) is 34.6 Å². The highest BCUT2D eigenvalue weighted by atomic mass is 32.1. The Balaban J connectivity index is 2.28. The Hall–Kier alpha value is -1.20. The molecule has 2 heterocycles. The van der Waals surface area contributed by atoms with Crippen LogP contribution < -0.4 is 5.73 Å². The number of nitrogens with one attached hydrogen (secondary N) is 1. The minimum Gasteiger partial charge on any atom is -0.319 e. The summed E-state index contributed by atoms with van der Waals surface area (Å²) in [5.74, 6) is 0. The average Bonchev–Trinajstić information content (AvgIpc) is 2.72. The molecular formula is C8H10N4S. The van der Waals surface area contributed by atoms with Gasteiger partial charge in [0.05, 0.1) is 17.9 Å². The summed E-state index contributed by atoms with van der Waals surface area (Å²) < 4.78 is 4.18. The van der Waals surface area contributed by atoms with Gasteiger partial charge in [-0.25, -0.2) is 0 Å². The van der Waals surface area contributed by atoms with E-state index in [2.05, 4.69) is 14.6 Å². The van der Waals surface area contributed by atoms with E-state index in [1.54, 1.807) is 12.4 Å². The maximum Gasteiger partial charge on any atom is 0.0693 e. The molecule has 0 spiro atoms. The van der Waals surface area contributed by atoms with Crippen molar-refractivity contribution < 1.29 is 0 Å². The van der Waals surface area contributed by atoms with E-state index in [1.165, 1.54) is 11.5 Å². The van der Waals surface area contributed by atoms with E-state index in [0.29, 0.717) is 0 Å². The average molecular weight is 194 g/mol. The highest BCUT2D eigenvalue weighted by molar-refractivity contribution is 7.05. The molecule has 0 amide bonds. The van der Waals surface area contributed by atoms with E-state index in [4.69, 9.17) is 5.73 Å². The van der Waals surface area contributed by atoms with Crippen LogP contribution in [-0.2, 0) is 0 Å². The summed E-state index contributed by atoms with van der Waals surface area (Å²) in [6.07, 6.45) is 3.54. The number of rotatable bonds is 2. The van der Waals surface area contributed by atoms with Crippen molar-refractivity contribution in [2.45, 2.75) is 13.0 Å². The van der Waals surface area contributed by atoms with Gasteiger partial charge in [0.15, 0.2) is 0 Å². The van der Waals surface area contributed by atoms with Gasteiger partial charge in [-0.15, -0.1) is 0 Å². The first-order chi connectivity index (χ1) is 6.27. The molecule has 4 nitrogen and oxygen atoms in total. The van der Waals surface area contributed by atoms with Crippen LogP contribution in [0.4, 0.5) is 0 Å². The van der Waals surface area contributed by atoms with Crippen LogP contribution in [0.1, 0.15) is 22.2 Å². The van der Waals surface area contributed by atoms with Gasteiger partial charge in [-0.05, 0) is 24.5 Å². The van der Waals surface area contributed by atoms with Crippen LogP contribution in [0, 0.1) is 6.92 Å². The third kappa shape index (κ3) is 1.61. The number of nitrogens with zero attached hydrogens (tertiary/aromatic N) is 2. The lowest BCUT2D eigenvalue weighted by Gasteiger charge is -2.03. The zero-order chi connectivity index (χ0) is 9.26. The number of H-pyrrole nitrogens is 1. The standard InChI is InChI=1S/C8H10N4S/c1-5-2-7(13-12-5)8(9)6-3-10-11-4-6/h2-4,8H,9H2,1H3,(H,10,11). The Bertz CT molecular complexity index is 379. The highest BCUT2D eigenvalue weighted by Crippen LogP contribution is 2.22. The molecule has 0 saturated carbocycles. The van der Waals surface area contributed by atoms with E-state index in [-0.39, 0.29) is 6.04 Å². The van der Waals surface area contributed by atoms with Gasteiger partial charge < -0.3 is 5.73 Å². The van der Waals surface area contributed by atoms with Crippen molar-refractivity contribution in [1.82, 2.24) is 14.6 Å². The Labute approximate surface area is 80.0 Å². The second kappa shape index (κ2) is 3.27. The quantitative estimate of drug-likeness (QED) is 0.755. The molecule has 0 aliphatic rings. The zero-order valence-electron chi connectivity index (χ0n) is 7.19. The van der Waals surface area contributed by atoms with Gasteiger partial charge in [-0.3, -0.25) is 5.10 Å². The molecule has 0 aromatic carbocycles. The van der Waals surface area contributed by atoms with E-state index in [9.17, 15) is 0 Å². The summed E-state index contributed by atoms with van der Waals surface area (Å²) in [6.45, 7) is 1.96. The first kappa shape index (κ1) is 8.40. The summed E-state index contributed by atoms with van der Waals surface area (Å²) in [5.41, 5.74) is 7.99. The molecule has 13 heavy (non-hydrogen) atoms. The molecule has 2 aromatic rings. The second-order valence-electron chi connectivity index (χ2n) is 2.88. The summed E-state index contributed by atoms with van der Waals surface area (Å²) in [4.78, 5) is 1.07. The van der Waals surface area contributed by atoms with Gasteiger partial charge in [-0.2, -0.15) is 9.47 Å². The number of nitrogens with two attached hydrogens (primary N) is 1. The summed E-state index contributed by atoms with van der Waals surface area (Å²) in [7, 11) is 0. The van der Waals surface area contributed by atoms with Crippen LogP contribution in [-0.4, -0.2) is 14.6 Å². The molecule has 3 N–H and O–H groups in total. The molecule has 0 saturated heterocycles. The summed E-state index contributed by atoms with van der Waals surface area (Å²) in [5, 5.41) is 6.60. The lowest BCUT2D eigenvalue weighted by molar-refractivity contribution is 0.894. The summed E-state index contributed by atoms with van der Waals surface area (Å²) >= 11 is 1.44. The fourth-order valence-electron chi connectivity index (χ4n) is 1.13. The van der Waals surface area contributed by atoms with Crippen molar-refractivity contribution in [1.29, 1.82) is 0 Å². The lowest BCUT2D eigenvalue weighted by atomic mass is 10.1. The van der Waals surface area contributed by atoms with E-state index in [1.807, 2.05) is 13.0 Å². The van der Waals surface area contributed by atoms with E-state index < -0.39 is 0 Å². The third-order valence-electron chi connectivity index (χ3n) is 1.83. The van der Waals surface area contributed by atoms with Crippen LogP contribution in [0.15, 0.2) is 18.5 Å². The second-order valence-corrected chi connectivity index (χ2v) is 3.72. The fraction of sp³-hybridized carbons (Fsp3) is 0.250. The van der Waals surface area contributed by atoms with Crippen molar-refractivity contribution in [3.8, 4) is 0 Å². The Morgan fingerprint density at radius 3 is 3.00 bits per heavy atom. The molecule has 0 aliphatic heterocycles. The maximum absolute atomic E-state index is 5.98. The Morgan fingerprint density at radius 1 is 1.62 bits per heavy atom. The minimum absolute atomic E-state index is 0.107. The number of aromatic amines is 1. The predicted octanol–water partition coefficient (Wildman–Crippen LogP) is 1.22. The largest absolute Gasteiger partial charge is 0.319 e. The van der Waals surface area contributed by atoms with Crippen molar-refractivity contribution in [3.63, 3.8) is 0 Å². The van der Waals surface area contributed by atoms with Crippen LogP contribution in [0.2, 0.25) is 0 Å². The number of aryl methyl sites for hydroxylation is 1. The van der Waals surface area contributed by atoms with Gasteiger partial charge in [0.1, 0.15) is 0 Å². The molecule has 0 aliphatic carbocycles. The van der Waals surface area contributed by atoms with Gasteiger partial charge in [0.25, 0.3) is 0 Å². The van der Waals surface area contributed by atoms with Crippen molar-refractivity contribution in [2.24, 2.45) is 5.73 Å². The van der Waals surface area contributed by atoms with Gasteiger partial charge in [0, 0.05) is 16.6 Å². The fourth-order valence-corrected chi connectivity index (χ4v) is 1.90. The van der Waals surface area contributed by atoms with Crippen LogP contribution in [0.25, 0.3) is 0 Å². The zero-order valence-corrected chi connectivity index (χ0v) is 8.01. The normalized spacial score (nSPS) is 13.1. The maximum atomic E-state index is 5.98. The van der Waals surface area contributed by atoms with Crippen LogP contribution in [0.5, 0.6) is 0 Å². The Morgan fingerprint density at radius 2 is 2.46 bits per heavy atom. The van der Waals surface area contributed by atoms with Gasteiger partial charge in [0.2, 0.25) is 0 Å². The monoisotopic (exact) mass is 194 g/mol. The van der Waals surface area contributed by atoms with Crippen molar-refractivity contribution >= 4 is 11.5 Å². The Kier molecular flexibility index (Phi) is 2.12. The molecule has 1 atom stereocenters. The molecule has 0 fully saturated rings. The first-order valence-corrected chi connectivity index (χ1v) is 4.72. The molecular weight excluding hydrogens is 184 g/mol. The molecule has 5 heteroatoms. The molecule has 0 bridgehead atoms. The highest BCUT2D eigenvalue weighted by Gasteiger charge is 2.11. The molecule has 2 rings (SSSR count). The smallest absolute Gasteiger partial charge is 0.0693 e. The first-order valence-electron chi connectivity index (χ1n) is 3.95. The number of aromatic nitrogens is 3. The lowest BCUT2D eigenvalue weighted by Crippen LogP contribution is -2.08. The summed E-state index contributed by atoms with van der Waals surface area (Å²) in [6, 6.07) is 1.90. The predicted molar refractivity (Wildman–Crippen MR) is 51.5 cm³/mol. The number of hydrogen-bond donors (Lipinski definition) is 2. The molecule has 1 unspecified atom stereocenters. The third-order valence-corrected chi connectivity index (χ3v) is 2.79. The topological polar surface area (TPSA) is 67.6 Å². The van der Waals surface area contributed by atoms with Gasteiger partial charge >= 0.3 is 0 Å². The van der Waals surface area contributed by atoms with Gasteiger partial charge in [-0.1, -0.05) is 0 Å². The van der Waals surface area contributed by atoms with Crippen molar-refractivity contribution in [2.75, 3.05) is 0 Å². The van der Waals surface area contributed by atoms with Crippen LogP contribution >= 0.6 is 11.5 Å². The molecule has 2 aromatic heterocycles.